The number of halogens is 2. The highest BCUT2D eigenvalue weighted by molar-refractivity contribution is 6.39. The molecule has 2 N–H and O–H groups in total. The van der Waals surface area contributed by atoms with E-state index < -0.39 is 12.2 Å². The molecule has 2 aromatic heterocycles. The van der Waals surface area contributed by atoms with E-state index in [0.717, 1.165) is 11.8 Å². The Bertz CT molecular complexity index is 1640. The van der Waals surface area contributed by atoms with Gasteiger partial charge in [0.2, 0.25) is 5.88 Å². The number of primary amides is 1. The average molecular weight is 609 g/mol. The van der Waals surface area contributed by atoms with Gasteiger partial charge in [-0.1, -0.05) is 68.2 Å². The van der Waals surface area contributed by atoms with Gasteiger partial charge in [0, 0.05) is 46.0 Å². The minimum atomic E-state index is -0.837. The zero-order valence-corrected chi connectivity index (χ0v) is 25.4. The standard InChI is InChI=1S/C32H31Cl2N3O5/c1-32(2,3)26(42-31(35)39)16-19-9-10-25(37-30(19)41-5)24-8-6-7-22(27(24)33)23-11-12-36-29(28(23)34)20-13-18(17-38)14-21(15-20)40-4/h6-15,17,26H,16H2,1-5H3,(H2,35,39). The molecule has 0 aliphatic heterocycles. The topological polar surface area (TPSA) is 114 Å². The Morgan fingerprint density at radius 1 is 0.976 bits per heavy atom. The molecule has 1 amide bonds. The highest BCUT2D eigenvalue weighted by Gasteiger charge is 2.29. The second kappa shape index (κ2) is 12.8. The predicted molar refractivity (Wildman–Crippen MR) is 164 cm³/mol. The molecule has 0 aliphatic carbocycles. The van der Waals surface area contributed by atoms with Gasteiger partial charge in [-0.2, -0.15) is 0 Å². The molecule has 0 saturated carbocycles. The van der Waals surface area contributed by atoms with Crippen molar-refractivity contribution in [2.45, 2.75) is 33.3 Å². The minimum Gasteiger partial charge on any atom is -0.497 e. The number of carbonyl (C=O) groups is 2. The van der Waals surface area contributed by atoms with Gasteiger partial charge >= 0.3 is 6.09 Å². The number of rotatable bonds is 9. The lowest BCUT2D eigenvalue weighted by Crippen LogP contribution is -2.35. The van der Waals surface area contributed by atoms with Gasteiger partial charge in [-0.25, -0.2) is 9.78 Å². The molecule has 0 spiro atoms. The number of pyridine rings is 2. The molecule has 10 heteroatoms. The fourth-order valence-electron chi connectivity index (χ4n) is 4.55. The van der Waals surface area contributed by atoms with Crippen LogP contribution in [0.5, 0.6) is 11.6 Å². The molecule has 8 nitrogen and oxygen atoms in total. The normalized spacial score (nSPS) is 12.0. The maximum Gasteiger partial charge on any atom is 0.404 e. The molecular formula is C32H31Cl2N3O5. The maximum atomic E-state index is 11.5. The summed E-state index contributed by atoms with van der Waals surface area (Å²) >= 11 is 13.9. The number of ether oxygens (including phenoxy) is 3. The number of benzene rings is 2. The predicted octanol–water partition coefficient (Wildman–Crippen LogP) is 7.67. The van der Waals surface area contributed by atoms with Crippen LogP contribution in [0.1, 0.15) is 36.7 Å². The van der Waals surface area contributed by atoms with Crippen molar-refractivity contribution < 1.29 is 23.8 Å². The first-order valence-corrected chi connectivity index (χ1v) is 13.8. The van der Waals surface area contributed by atoms with E-state index in [1.54, 1.807) is 30.5 Å². The largest absolute Gasteiger partial charge is 0.497 e. The van der Waals surface area contributed by atoms with E-state index in [-0.39, 0.29) is 5.41 Å². The Hall–Kier alpha value is -4.14. The van der Waals surface area contributed by atoms with E-state index in [0.29, 0.717) is 67.3 Å². The molecule has 42 heavy (non-hydrogen) atoms. The lowest BCUT2D eigenvalue weighted by Gasteiger charge is -2.30. The van der Waals surface area contributed by atoms with Crippen LogP contribution in [0, 0.1) is 5.41 Å². The molecule has 0 fully saturated rings. The fraction of sp³-hybridized carbons (Fsp3) is 0.250. The summed E-state index contributed by atoms with van der Waals surface area (Å²) in [6, 6.07) is 16.2. The summed E-state index contributed by atoms with van der Waals surface area (Å²) in [5, 5.41) is 0.799. The summed E-state index contributed by atoms with van der Waals surface area (Å²) in [6.07, 6.45) is 1.41. The molecule has 0 aliphatic rings. The number of carbonyl (C=O) groups excluding carboxylic acids is 2. The van der Waals surface area contributed by atoms with Crippen molar-refractivity contribution in [3.05, 3.63) is 82.0 Å². The summed E-state index contributed by atoms with van der Waals surface area (Å²) in [7, 11) is 3.05. The number of nitrogens with zero attached hydrogens (tertiary/aromatic N) is 2. The van der Waals surface area contributed by atoms with Crippen LogP contribution in [0.2, 0.25) is 10.0 Å². The second-order valence-electron chi connectivity index (χ2n) is 10.7. The molecule has 2 aromatic carbocycles. The number of nitrogens with two attached hydrogens (primary N) is 1. The smallest absolute Gasteiger partial charge is 0.404 e. The highest BCUT2D eigenvalue weighted by atomic mass is 35.5. The molecule has 1 unspecified atom stereocenters. The Morgan fingerprint density at radius 2 is 1.69 bits per heavy atom. The van der Waals surface area contributed by atoms with Crippen molar-refractivity contribution in [3.63, 3.8) is 0 Å². The molecule has 0 radical (unpaired) electrons. The SMILES string of the molecule is COc1cc(C=O)cc(-c2nccc(-c3cccc(-c4ccc(CC(OC(N)=O)C(C)(C)C)c(OC)n4)c3Cl)c2Cl)c1. The first-order valence-electron chi connectivity index (χ1n) is 13.0. The summed E-state index contributed by atoms with van der Waals surface area (Å²) in [5.74, 6) is 0.890. The molecule has 218 valence electrons. The van der Waals surface area contributed by atoms with Crippen molar-refractivity contribution in [2.24, 2.45) is 11.1 Å². The van der Waals surface area contributed by atoms with Gasteiger partial charge in [0.15, 0.2) is 0 Å². The van der Waals surface area contributed by atoms with Crippen molar-refractivity contribution in [1.82, 2.24) is 9.97 Å². The van der Waals surface area contributed by atoms with Crippen molar-refractivity contribution in [2.75, 3.05) is 14.2 Å². The first-order chi connectivity index (χ1) is 20.0. The summed E-state index contributed by atoms with van der Waals surface area (Å²) in [6.45, 7) is 5.89. The third-order valence-corrected chi connectivity index (χ3v) is 7.58. The van der Waals surface area contributed by atoms with E-state index in [4.69, 9.17) is 48.1 Å². The Kier molecular flexibility index (Phi) is 9.39. The molecule has 4 aromatic rings. The second-order valence-corrected chi connectivity index (χ2v) is 11.4. The Labute approximate surface area is 254 Å². The molecule has 0 bridgehead atoms. The monoisotopic (exact) mass is 607 g/mol. The lowest BCUT2D eigenvalue weighted by molar-refractivity contribution is 0.0370. The number of amides is 1. The molecule has 2 heterocycles. The van der Waals surface area contributed by atoms with Crippen molar-refractivity contribution in [3.8, 4) is 45.3 Å². The van der Waals surface area contributed by atoms with Gasteiger partial charge in [0.1, 0.15) is 18.1 Å². The summed E-state index contributed by atoms with van der Waals surface area (Å²) < 4.78 is 16.3. The van der Waals surface area contributed by atoms with Gasteiger partial charge in [-0.3, -0.25) is 9.78 Å². The zero-order valence-electron chi connectivity index (χ0n) is 23.9. The molecule has 0 saturated heterocycles. The van der Waals surface area contributed by atoms with Gasteiger partial charge < -0.3 is 19.9 Å². The lowest BCUT2D eigenvalue weighted by atomic mass is 9.85. The van der Waals surface area contributed by atoms with E-state index in [1.165, 1.54) is 14.2 Å². The first kappa shape index (κ1) is 30.8. The van der Waals surface area contributed by atoms with Crippen LogP contribution >= 0.6 is 23.2 Å². The highest BCUT2D eigenvalue weighted by Crippen LogP contribution is 2.42. The van der Waals surface area contributed by atoms with Crippen LogP contribution in [0.15, 0.2) is 60.8 Å². The summed E-state index contributed by atoms with van der Waals surface area (Å²) in [5.41, 5.74) is 9.84. The maximum absolute atomic E-state index is 11.5. The number of hydrogen-bond acceptors (Lipinski definition) is 7. The number of aldehydes is 1. The van der Waals surface area contributed by atoms with Gasteiger partial charge in [-0.15, -0.1) is 0 Å². The van der Waals surface area contributed by atoms with Crippen molar-refractivity contribution >= 4 is 35.6 Å². The number of methoxy groups -OCH3 is 2. The van der Waals surface area contributed by atoms with Crippen LogP contribution in [0.4, 0.5) is 4.79 Å². The van der Waals surface area contributed by atoms with Crippen molar-refractivity contribution in [1.29, 1.82) is 0 Å². The van der Waals surface area contributed by atoms with Gasteiger partial charge in [0.25, 0.3) is 0 Å². The van der Waals surface area contributed by atoms with Gasteiger partial charge in [-0.05, 0) is 35.7 Å². The number of aromatic nitrogens is 2. The van der Waals surface area contributed by atoms with Gasteiger partial charge in [0.05, 0.1) is 35.7 Å². The molecule has 4 rings (SSSR count). The van der Waals surface area contributed by atoms with E-state index in [9.17, 15) is 9.59 Å². The van der Waals surface area contributed by atoms with Crippen LogP contribution < -0.4 is 15.2 Å². The van der Waals surface area contributed by atoms with Crippen LogP contribution in [0.3, 0.4) is 0 Å². The quantitative estimate of drug-likeness (QED) is 0.194. The molecular weight excluding hydrogens is 577 g/mol. The molecule has 1 atom stereocenters. The van der Waals surface area contributed by atoms with Crippen LogP contribution in [-0.4, -0.2) is 42.7 Å². The fourth-order valence-corrected chi connectivity index (χ4v) is 5.20. The van der Waals surface area contributed by atoms with E-state index in [1.807, 2.05) is 51.1 Å². The van der Waals surface area contributed by atoms with Crippen LogP contribution in [0.25, 0.3) is 33.6 Å². The number of hydrogen-bond donors (Lipinski definition) is 1. The minimum absolute atomic E-state index is 0.362. The average Bonchev–Trinajstić information content (AvgIpc) is 2.96. The van der Waals surface area contributed by atoms with E-state index in [2.05, 4.69) is 4.98 Å². The Morgan fingerprint density at radius 3 is 2.33 bits per heavy atom. The third kappa shape index (κ3) is 6.66. The zero-order chi connectivity index (χ0) is 30.6. The van der Waals surface area contributed by atoms with E-state index >= 15 is 0 Å². The third-order valence-electron chi connectivity index (χ3n) is 6.79. The van der Waals surface area contributed by atoms with Crippen LogP contribution in [-0.2, 0) is 11.2 Å². The Balaban J connectivity index is 1.75. The summed E-state index contributed by atoms with van der Waals surface area (Å²) in [4.78, 5) is 32.2.